The van der Waals surface area contributed by atoms with Gasteiger partial charge in [-0.3, -0.25) is 0 Å². The quantitative estimate of drug-likeness (QED) is 0.475. The van der Waals surface area contributed by atoms with E-state index in [0.29, 0.717) is 13.2 Å². The van der Waals surface area contributed by atoms with Crippen LogP contribution in [0.2, 0.25) is 0 Å². The van der Waals surface area contributed by atoms with Crippen LogP contribution >= 0.6 is 0 Å². The van der Waals surface area contributed by atoms with Crippen molar-refractivity contribution in [2.45, 2.75) is 50.9 Å². The standard InChI is InChI=1S/C16H21N3O3/c1-3-16-10-21-15(22-16)13(18-19-17)14(11(16)2)20-9-12-7-5-4-6-8-12/h4-8,11,13-15H,3,9-10H2,1-2H3/t11-,13+,14+,15+,16+/m1/s1. The second kappa shape index (κ2) is 6.26. The van der Waals surface area contributed by atoms with E-state index in [2.05, 4.69) is 23.9 Å². The van der Waals surface area contributed by atoms with Crippen LogP contribution in [-0.4, -0.2) is 30.6 Å². The predicted octanol–water partition coefficient (Wildman–Crippen LogP) is 3.42. The first-order valence-corrected chi connectivity index (χ1v) is 7.69. The molecule has 2 fully saturated rings. The third kappa shape index (κ3) is 2.59. The molecule has 2 bridgehead atoms. The average molecular weight is 303 g/mol. The van der Waals surface area contributed by atoms with Crippen LogP contribution in [0.25, 0.3) is 10.4 Å². The van der Waals surface area contributed by atoms with Crippen LogP contribution < -0.4 is 0 Å². The van der Waals surface area contributed by atoms with Gasteiger partial charge in [0.25, 0.3) is 0 Å². The first-order valence-electron chi connectivity index (χ1n) is 7.69. The molecule has 118 valence electrons. The Morgan fingerprint density at radius 1 is 1.41 bits per heavy atom. The molecule has 0 amide bonds. The fraction of sp³-hybridized carbons (Fsp3) is 0.625. The number of azide groups is 1. The Balaban J connectivity index is 1.80. The van der Waals surface area contributed by atoms with Gasteiger partial charge < -0.3 is 14.2 Å². The molecular formula is C16H21N3O3. The number of hydrogen-bond acceptors (Lipinski definition) is 4. The maximum absolute atomic E-state index is 8.85. The van der Waals surface area contributed by atoms with E-state index in [-0.39, 0.29) is 17.6 Å². The molecule has 2 heterocycles. The lowest BCUT2D eigenvalue weighted by Crippen LogP contribution is -2.56. The summed E-state index contributed by atoms with van der Waals surface area (Å²) in [4.78, 5) is 2.95. The summed E-state index contributed by atoms with van der Waals surface area (Å²) in [7, 11) is 0. The van der Waals surface area contributed by atoms with Crippen LogP contribution in [-0.2, 0) is 20.8 Å². The van der Waals surface area contributed by atoms with Crippen molar-refractivity contribution in [3.8, 4) is 0 Å². The highest BCUT2D eigenvalue weighted by molar-refractivity contribution is 5.14. The van der Waals surface area contributed by atoms with Gasteiger partial charge in [0.05, 0.1) is 24.9 Å². The summed E-state index contributed by atoms with van der Waals surface area (Å²) in [6, 6.07) is 9.53. The normalized spacial score (nSPS) is 36.8. The Morgan fingerprint density at radius 3 is 2.86 bits per heavy atom. The molecule has 1 aromatic rings. The fourth-order valence-electron chi connectivity index (χ4n) is 3.38. The zero-order chi connectivity index (χ0) is 15.6. The van der Waals surface area contributed by atoms with Crippen molar-refractivity contribution in [3.05, 3.63) is 46.3 Å². The lowest BCUT2D eigenvalue weighted by Gasteiger charge is -2.44. The number of ether oxygens (including phenoxy) is 3. The van der Waals surface area contributed by atoms with E-state index in [4.69, 9.17) is 19.7 Å². The number of nitrogens with zero attached hydrogens (tertiary/aromatic N) is 3. The van der Waals surface area contributed by atoms with Gasteiger partial charge in [-0.25, -0.2) is 0 Å². The minimum absolute atomic E-state index is 0.0930. The lowest BCUT2D eigenvalue weighted by atomic mass is 9.79. The average Bonchev–Trinajstić information content (AvgIpc) is 2.96. The second-order valence-electron chi connectivity index (χ2n) is 5.96. The zero-order valence-corrected chi connectivity index (χ0v) is 12.9. The van der Waals surface area contributed by atoms with Gasteiger partial charge in [0.1, 0.15) is 6.04 Å². The summed E-state index contributed by atoms with van der Waals surface area (Å²) in [6.45, 7) is 5.19. The SMILES string of the molecule is CC[C@@]12CO[C@@H](O1)[C@@H](N=[N+]=[N-])[C@@H](OCc1ccccc1)[C@H]2C. The Kier molecular flexibility index (Phi) is 4.36. The third-order valence-electron chi connectivity index (χ3n) is 4.85. The smallest absolute Gasteiger partial charge is 0.169 e. The third-order valence-corrected chi connectivity index (χ3v) is 4.85. The molecule has 2 aliphatic rings. The van der Waals surface area contributed by atoms with Gasteiger partial charge in [0.2, 0.25) is 0 Å². The summed E-state index contributed by atoms with van der Waals surface area (Å²) in [5.41, 5.74) is 9.60. The van der Waals surface area contributed by atoms with Crippen molar-refractivity contribution in [2.24, 2.45) is 11.0 Å². The molecule has 0 N–H and O–H groups in total. The van der Waals surface area contributed by atoms with Crippen molar-refractivity contribution in [2.75, 3.05) is 6.61 Å². The highest BCUT2D eigenvalue weighted by Gasteiger charge is 2.57. The Labute approximate surface area is 130 Å². The van der Waals surface area contributed by atoms with Gasteiger partial charge >= 0.3 is 0 Å². The van der Waals surface area contributed by atoms with E-state index in [1.54, 1.807) is 0 Å². The van der Waals surface area contributed by atoms with Gasteiger partial charge in [-0.1, -0.05) is 49.3 Å². The number of benzene rings is 1. The Hall–Kier alpha value is -1.59. The van der Waals surface area contributed by atoms with Crippen LogP contribution in [0, 0.1) is 5.92 Å². The van der Waals surface area contributed by atoms with E-state index >= 15 is 0 Å². The molecule has 0 radical (unpaired) electrons. The molecular weight excluding hydrogens is 282 g/mol. The first-order chi connectivity index (χ1) is 10.7. The highest BCUT2D eigenvalue weighted by atomic mass is 16.7. The Morgan fingerprint density at radius 2 is 2.18 bits per heavy atom. The molecule has 0 unspecified atom stereocenters. The lowest BCUT2D eigenvalue weighted by molar-refractivity contribution is -0.207. The van der Waals surface area contributed by atoms with E-state index in [1.807, 2.05) is 30.3 Å². The summed E-state index contributed by atoms with van der Waals surface area (Å²) in [5, 5.41) is 3.88. The maximum atomic E-state index is 8.85. The zero-order valence-electron chi connectivity index (χ0n) is 12.9. The molecule has 3 rings (SSSR count). The largest absolute Gasteiger partial charge is 0.373 e. The molecule has 0 aromatic heterocycles. The van der Waals surface area contributed by atoms with Gasteiger partial charge in [-0.05, 0) is 17.5 Å². The number of hydrogen-bond donors (Lipinski definition) is 0. The molecule has 0 aliphatic carbocycles. The monoisotopic (exact) mass is 303 g/mol. The molecule has 22 heavy (non-hydrogen) atoms. The van der Waals surface area contributed by atoms with E-state index in [1.165, 1.54) is 0 Å². The van der Waals surface area contributed by atoms with Gasteiger partial charge in [-0.2, -0.15) is 0 Å². The van der Waals surface area contributed by atoms with Crippen LogP contribution in [0.4, 0.5) is 0 Å². The van der Waals surface area contributed by atoms with Crippen LogP contribution in [0.3, 0.4) is 0 Å². The maximum Gasteiger partial charge on any atom is 0.169 e. The second-order valence-corrected chi connectivity index (χ2v) is 5.96. The van der Waals surface area contributed by atoms with Crippen LogP contribution in [0.15, 0.2) is 35.4 Å². The van der Waals surface area contributed by atoms with Gasteiger partial charge in [0.15, 0.2) is 6.29 Å². The summed E-state index contributed by atoms with van der Waals surface area (Å²) >= 11 is 0. The topological polar surface area (TPSA) is 76.5 Å². The van der Waals surface area contributed by atoms with Crippen molar-refractivity contribution in [1.29, 1.82) is 0 Å². The Bertz CT molecular complexity index is 561. The van der Waals surface area contributed by atoms with Crippen LogP contribution in [0.5, 0.6) is 0 Å². The molecule has 0 saturated carbocycles. The van der Waals surface area contributed by atoms with Crippen molar-refractivity contribution in [3.63, 3.8) is 0 Å². The van der Waals surface area contributed by atoms with Gasteiger partial charge in [-0.15, -0.1) is 0 Å². The fourth-order valence-corrected chi connectivity index (χ4v) is 3.38. The molecule has 6 heteroatoms. The van der Waals surface area contributed by atoms with Crippen molar-refractivity contribution < 1.29 is 14.2 Å². The van der Waals surface area contributed by atoms with E-state index < -0.39 is 12.3 Å². The summed E-state index contributed by atoms with van der Waals surface area (Å²) in [5.74, 6) is 0.0930. The van der Waals surface area contributed by atoms with Crippen molar-refractivity contribution >= 4 is 0 Å². The molecule has 0 spiro atoms. The van der Waals surface area contributed by atoms with E-state index in [9.17, 15) is 0 Å². The summed E-state index contributed by atoms with van der Waals surface area (Å²) in [6.07, 6.45) is 0.129. The predicted molar refractivity (Wildman–Crippen MR) is 81.0 cm³/mol. The van der Waals surface area contributed by atoms with Gasteiger partial charge in [0, 0.05) is 10.8 Å². The highest BCUT2D eigenvalue weighted by Crippen LogP contribution is 2.45. The molecule has 2 aliphatic heterocycles. The molecule has 2 saturated heterocycles. The molecule has 1 aromatic carbocycles. The van der Waals surface area contributed by atoms with E-state index in [0.717, 1.165) is 12.0 Å². The number of rotatable bonds is 5. The van der Waals surface area contributed by atoms with Crippen molar-refractivity contribution in [1.82, 2.24) is 0 Å². The summed E-state index contributed by atoms with van der Waals surface area (Å²) < 4.78 is 17.9. The molecule has 5 atom stereocenters. The minimum atomic E-state index is -0.507. The number of fused-ring (bicyclic) bond motifs is 2. The molecule has 6 nitrogen and oxygen atoms in total. The van der Waals surface area contributed by atoms with Crippen LogP contribution in [0.1, 0.15) is 25.8 Å². The minimum Gasteiger partial charge on any atom is -0.373 e. The first kappa shape index (κ1) is 15.3.